The van der Waals surface area contributed by atoms with Gasteiger partial charge in [0.15, 0.2) is 0 Å². The van der Waals surface area contributed by atoms with Gasteiger partial charge in [-0.15, -0.1) is 0 Å². The van der Waals surface area contributed by atoms with E-state index >= 15 is 0 Å². The highest BCUT2D eigenvalue weighted by molar-refractivity contribution is 5.63. The quantitative estimate of drug-likeness (QED) is 0.606. The van der Waals surface area contributed by atoms with E-state index in [1.807, 2.05) is 0 Å². The van der Waals surface area contributed by atoms with Crippen LogP contribution in [0.3, 0.4) is 0 Å². The Bertz CT molecular complexity index is 443. The first-order valence-electron chi connectivity index (χ1n) is 5.39. The Kier molecular flexibility index (Phi) is 3.34. The zero-order valence-corrected chi connectivity index (χ0v) is 9.40. The van der Waals surface area contributed by atoms with E-state index in [0.29, 0.717) is 6.54 Å². The summed E-state index contributed by atoms with van der Waals surface area (Å²) in [4.78, 5) is 0. The van der Waals surface area contributed by atoms with Crippen LogP contribution in [0.1, 0.15) is 11.1 Å². The maximum absolute atomic E-state index is 5.28. The summed E-state index contributed by atoms with van der Waals surface area (Å²) in [6, 6.07) is 17.0. The Labute approximate surface area is 96.1 Å². The lowest BCUT2D eigenvalue weighted by molar-refractivity contribution is 0.741. The molecule has 0 saturated carbocycles. The zero-order chi connectivity index (χ0) is 11.4. The normalized spacial score (nSPS) is 10.4. The summed E-state index contributed by atoms with van der Waals surface area (Å²) in [5.41, 5.74) is 7.61. The van der Waals surface area contributed by atoms with Gasteiger partial charge >= 0.3 is 0 Å². The van der Waals surface area contributed by atoms with Crippen molar-refractivity contribution >= 4 is 0 Å². The van der Waals surface area contributed by atoms with Crippen molar-refractivity contribution in [2.24, 2.45) is 5.84 Å². The Hall–Kier alpha value is -1.64. The van der Waals surface area contributed by atoms with Crippen molar-refractivity contribution in [2.45, 2.75) is 13.5 Å². The molecule has 0 saturated heterocycles. The van der Waals surface area contributed by atoms with Crippen LogP contribution in [-0.2, 0) is 6.54 Å². The topological polar surface area (TPSA) is 38.0 Å². The van der Waals surface area contributed by atoms with Gasteiger partial charge < -0.3 is 0 Å². The molecule has 2 aromatic rings. The smallest absolute Gasteiger partial charge is 0.0348 e. The van der Waals surface area contributed by atoms with Gasteiger partial charge in [-0.3, -0.25) is 11.3 Å². The molecule has 0 heterocycles. The maximum atomic E-state index is 5.28. The molecular formula is C14H16N2. The van der Waals surface area contributed by atoms with Crippen molar-refractivity contribution in [2.75, 3.05) is 0 Å². The van der Waals surface area contributed by atoms with Crippen molar-refractivity contribution in [1.29, 1.82) is 0 Å². The number of hydrogen-bond donors (Lipinski definition) is 2. The van der Waals surface area contributed by atoms with Gasteiger partial charge in [0.2, 0.25) is 0 Å². The molecule has 82 valence electrons. The van der Waals surface area contributed by atoms with E-state index in [1.54, 1.807) is 0 Å². The minimum Gasteiger partial charge on any atom is -0.271 e. The lowest BCUT2D eigenvalue weighted by atomic mass is 10.0. The summed E-state index contributed by atoms with van der Waals surface area (Å²) < 4.78 is 0. The van der Waals surface area contributed by atoms with Crippen molar-refractivity contribution in [3.8, 4) is 11.1 Å². The number of hydrazine groups is 1. The van der Waals surface area contributed by atoms with Crippen LogP contribution >= 0.6 is 0 Å². The van der Waals surface area contributed by atoms with Gasteiger partial charge in [-0.2, -0.15) is 0 Å². The average Bonchev–Trinajstić information content (AvgIpc) is 2.32. The lowest BCUT2D eigenvalue weighted by Gasteiger charge is -2.04. The Morgan fingerprint density at radius 1 is 0.875 bits per heavy atom. The number of nitrogens with two attached hydrogens (primary N) is 1. The second kappa shape index (κ2) is 4.92. The summed E-state index contributed by atoms with van der Waals surface area (Å²) >= 11 is 0. The monoisotopic (exact) mass is 212 g/mol. The number of hydrogen-bond acceptors (Lipinski definition) is 2. The number of nitrogens with one attached hydrogen (secondary N) is 1. The third-order valence-electron chi connectivity index (χ3n) is 2.65. The molecule has 2 heteroatoms. The predicted octanol–water partition coefficient (Wildman–Crippen LogP) is 2.63. The van der Waals surface area contributed by atoms with Crippen molar-refractivity contribution in [3.63, 3.8) is 0 Å². The van der Waals surface area contributed by atoms with E-state index in [0.717, 1.165) is 0 Å². The third-order valence-corrected chi connectivity index (χ3v) is 2.65. The van der Waals surface area contributed by atoms with Gasteiger partial charge in [0.1, 0.15) is 0 Å². The average molecular weight is 212 g/mol. The molecule has 2 aromatic carbocycles. The van der Waals surface area contributed by atoms with Crippen molar-refractivity contribution in [3.05, 3.63) is 59.7 Å². The minimum absolute atomic E-state index is 0.703. The van der Waals surface area contributed by atoms with E-state index in [2.05, 4.69) is 60.9 Å². The van der Waals surface area contributed by atoms with Crippen LogP contribution in [0.25, 0.3) is 11.1 Å². The second-order valence-electron chi connectivity index (χ2n) is 3.94. The molecule has 0 aliphatic rings. The molecule has 0 radical (unpaired) electrons. The fourth-order valence-electron chi connectivity index (χ4n) is 1.68. The van der Waals surface area contributed by atoms with Crippen LogP contribution in [-0.4, -0.2) is 0 Å². The van der Waals surface area contributed by atoms with Crippen molar-refractivity contribution in [1.82, 2.24) is 5.43 Å². The molecule has 16 heavy (non-hydrogen) atoms. The van der Waals surface area contributed by atoms with Gasteiger partial charge in [-0.05, 0) is 23.6 Å². The van der Waals surface area contributed by atoms with Crippen LogP contribution in [0.4, 0.5) is 0 Å². The molecule has 3 N–H and O–H groups in total. The molecule has 2 rings (SSSR count). The Morgan fingerprint density at radius 2 is 1.38 bits per heavy atom. The van der Waals surface area contributed by atoms with Gasteiger partial charge in [0.05, 0.1) is 0 Å². The van der Waals surface area contributed by atoms with E-state index < -0.39 is 0 Å². The zero-order valence-electron chi connectivity index (χ0n) is 9.40. The van der Waals surface area contributed by atoms with Crippen LogP contribution in [0.2, 0.25) is 0 Å². The van der Waals surface area contributed by atoms with Crippen LogP contribution in [0.15, 0.2) is 48.5 Å². The first-order chi connectivity index (χ1) is 7.79. The van der Waals surface area contributed by atoms with E-state index in [1.165, 1.54) is 22.3 Å². The molecule has 0 aliphatic carbocycles. The fraction of sp³-hybridized carbons (Fsp3) is 0.143. The third kappa shape index (κ3) is 2.48. The second-order valence-corrected chi connectivity index (χ2v) is 3.94. The molecule has 0 aliphatic heterocycles. The van der Waals surface area contributed by atoms with Gasteiger partial charge in [-0.25, -0.2) is 0 Å². The minimum atomic E-state index is 0.703. The van der Waals surface area contributed by atoms with Gasteiger partial charge in [-0.1, -0.05) is 54.1 Å². The van der Waals surface area contributed by atoms with Gasteiger partial charge in [0.25, 0.3) is 0 Å². The molecule has 0 amide bonds. The largest absolute Gasteiger partial charge is 0.271 e. The number of aryl methyl sites for hydroxylation is 1. The van der Waals surface area contributed by atoms with Crippen LogP contribution in [0, 0.1) is 6.92 Å². The fourth-order valence-corrected chi connectivity index (χ4v) is 1.68. The standard InChI is InChI=1S/C14H16N2/c1-11-2-6-13(7-3-11)14-8-4-12(5-9-14)10-16-15/h2-9,16H,10,15H2,1H3. The van der Waals surface area contributed by atoms with E-state index in [4.69, 9.17) is 5.84 Å². The molecular weight excluding hydrogens is 196 g/mol. The summed E-state index contributed by atoms with van der Waals surface area (Å²) in [7, 11) is 0. The molecule has 0 aromatic heterocycles. The van der Waals surface area contributed by atoms with E-state index in [-0.39, 0.29) is 0 Å². The SMILES string of the molecule is Cc1ccc(-c2ccc(CNN)cc2)cc1. The molecule has 0 fully saturated rings. The molecule has 0 bridgehead atoms. The van der Waals surface area contributed by atoms with Crippen molar-refractivity contribution < 1.29 is 0 Å². The lowest BCUT2D eigenvalue weighted by Crippen LogP contribution is -2.20. The first kappa shape index (κ1) is 10.9. The Morgan fingerprint density at radius 3 is 1.88 bits per heavy atom. The number of benzene rings is 2. The molecule has 2 nitrogen and oxygen atoms in total. The van der Waals surface area contributed by atoms with E-state index in [9.17, 15) is 0 Å². The summed E-state index contributed by atoms with van der Waals surface area (Å²) in [6.45, 7) is 2.80. The Balaban J connectivity index is 2.24. The molecule has 0 unspecified atom stereocenters. The summed E-state index contributed by atoms with van der Waals surface area (Å²) in [6.07, 6.45) is 0. The van der Waals surface area contributed by atoms with Gasteiger partial charge in [0, 0.05) is 6.54 Å². The number of rotatable bonds is 3. The van der Waals surface area contributed by atoms with Crippen LogP contribution < -0.4 is 11.3 Å². The summed E-state index contributed by atoms with van der Waals surface area (Å²) in [5.74, 6) is 5.28. The highest BCUT2D eigenvalue weighted by atomic mass is 15.2. The highest BCUT2D eigenvalue weighted by Crippen LogP contribution is 2.20. The maximum Gasteiger partial charge on any atom is 0.0348 e. The molecule has 0 spiro atoms. The summed E-state index contributed by atoms with van der Waals surface area (Å²) in [5, 5.41) is 0. The first-order valence-corrected chi connectivity index (χ1v) is 5.39. The predicted molar refractivity (Wildman–Crippen MR) is 67.6 cm³/mol. The molecule has 0 atom stereocenters. The van der Waals surface area contributed by atoms with Crippen LogP contribution in [0.5, 0.6) is 0 Å². The highest BCUT2D eigenvalue weighted by Gasteiger charge is 1.97.